The second-order valence-electron chi connectivity index (χ2n) is 5.65. The number of benzene rings is 1. The number of hydrogen-bond donors (Lipinski definition) is 1. The predicted octanol–water partition coefficient (Wildman–Crippen LogP) is 4.82. The van der Waals surface area contributed by atoms with Crippen LogP contribution in [0.5, 0.6) is 0 Å². The highest BCUT2D eigenvalue weighted by molar-refractivity contribution is 9.10. The molecule has 1 heterocycles. The number of aryl methyl sites for hydroxylation is 2. The van der Waals surface area contributed by atoms with Gasteiger partial charge in [-0.2, -0.15) is 0 Å². The Labute approximate surface area is 128 Å². The molecule has 1 fully saturated rings. The summed E-state index contributed by atoms with van der Waals surface area (Å²) in [5.74, 6) is 0.694. The minimum absolute atomic E-state index is 0.576. The first-order valence-corrected chi connectivity index (χ1v) is 7.87. The molecule has 20 heavy (non-hydrogen) atoms. The molecule has 0 bridgehead atoms. The fourth-order valence-electron chi connectivity index (χ4n) is 2.80. The van der Waals surface area contributed by atoms with E-state index < -0.39 is 0 Å². The van der Waals surface area contributed by atoms with E-state index in [1.807, 2.05) is 6.92 Å². The number of rotatable bonds is 3. The van der Waals surface area contributed by atoms with Gasteiger partial charge in [0, 0.05) is 16.2 Å². The van der Waals surface area contributed by atoms with Crippen LogP contribution >= 0.6 is 15.9 Å². The Kier molecular flexibility index (Phi) is 3.79. The van der Waals surface area contributed by atoms with Gasteiger partial charge in [-0.15, -0.1) is 0 Å². The summed E-state index contributed by atoms with van der Waals surface area (Å²) in [4.78, 5) is 4.50. The molecule has 0 radical (unpaired) electrons. The third kappa shape index (κ3) is 2.88. The van der Waals surface area contributed by atoms with Crippen LogP contribution in [-0.2, 0) is 0 Å². The van der Waals surface area contributed by atoms with E-state index in [1.54, 1.807) is 0 Å². The number of pyridine rings is 1. The average molecular weight is 331 g/mol. The van der Waals surface area contributed by atoms with Crippen molar-refractivity contribution >= 4 is 21.6 Å². The van der Waals surface area contributed by atoms with Gasteiger partial charge in [0.15, 0.2) is 0 Å². The van der Waals surface area contributed by atoms with Crippen LogP contribution in [0.25, 0.3) is 0 Å². The average Bonchev–Trinajstić information content (AvgIpc) is 2.37. The summed E-state index contributed by atoms with van der Waals surface area (Å²) in [6, 6.07) is 13.5. The van der Waals surface area contributed by atoms with Gasteiger partial charge in [0.05, 0.1) is 11.4 Å². The Morgan fingerprint density at radius 2 is 1.75 bits per heavy atom. The van der Waals surface area contributed by atoms with E-state index in [9.17, 15) is 0 Å². The van der Waals surface area contributed by atoms with Crippen molar-refractivity contribution in [1.82, 2.24) is 4.98 Å². The summed E-state index contributed by atoms with van der Waals surface area (Å²) in [5.41, 5.74) is 4.80. The molecule has 0 atom stereocenters. The molecule has 1 N–H and O–H groups in total. The second kappa shape index (κ2) is 5.57. The standard InChI is InChI=1S/C17H19BrN2/c1-11-3-8-17(12(2)19-11)20-16-9-14(10-16)13-4-6-15(18)7-5-13/h3-8,14,16,20H,9-10H2,1-2H3. The summed E-state index contributed by atoms with van der Waals surface area (Å²) < 4.78 is 1.15. The topological polar surface area (TPSA) is 24.9 Å². The van der Waals surface area contributed by atoms with Crippen molar-refractivity contribution in [3.05, 3.63) is 57.8 Å². The zero-order valence-electron chi connectivity index (χ0n) is 11.9. The van der Waals surface area contributed by atoms with E-state index in [2.05, 4.69) is 69.6 Å². The molecular weight excluding hydrogens is 312 g/mol. The predicted molar refractivity (Wildman–Crippen MR) is 87.2 cm³/mol. The molecule has 3 heteroatoms. The molecule has 0 unspecified atom stereocenters. The van der Waals surface area contributed by atoms with Crippen LogP contribution in [0, 0.1) is 13.8 Å². The van der Waals surface area contributed by atoms with Crippen molar-refractivity contribution in [2.24, 2.45) is 0 Å². The molecule has 0 saturated heterocycles. The molecule has 1 aliphatic rings. The summed E-state index contributed by atoms with van der Waals surface area (Å²) in [5, 5.41) is 3.61. The van der Waals surface area contributed by atoms with Gasteiger partial charge >= 0.3 is 0 Å². The van der Waals surface area contributed by atoms with Crippen molar-refractivity contribution < 1.29 is 0 Å². The van der Waals surface area contributed by atoms with E-state index in [0.29, 0.717) is 12.0 Å². The first-order valence-electron chi connectivity index (χ1n) is 7.08. The van der Waals surface area contributed by atoms with E-state index in [1.165, 1.54) is 24.1 Å². The lowest BCUT2D eigenvalue weighted by atomic mass is 9.76. The Morgan fingerprint density at radius 1 is 1.05 bits per heavy atom. The van der Waals surface area contributed by atoms with Crippen molar-refractivity contribution in [2.45, 2.75) is 38.6 Å². The monoisotopic (exact) mass is 330 g/mol. The van der Waals surface area contributed by atoms with Crippen LogP contribution in [0.2, 0.25) is 0 Å². The van der Waals surface area contributed by atoms with Crippen LogP contribution < -0.4 is 5.32 Å². The first-order chi connectivity index (χ1) is 9.61. The zero-order valence-corrected chi connectivity index (χ0v) is 13.4. The normalized spacial score (nSPS) is 21.4. The van der Waals surface area contributed by atoms with Gasteiger partial charge < -0.3 is 5.32 Å². The molecule has 104 valence electrons. The summed E-state index contributed by atoms with van der Waals surface area (Å²) in [7, 11) is 0. The molecule has 0 aliphatic heterocycles. The van der Waals surface area contributed by atoms with Crippen LogP contribution in [0.4, 0.5) is 5.69 Å². The van der Waals surface area contributed by atoms with Crippen LogP contribution in [0.3, 0.4) is 0 Å². The van der Waals surface area contributed by atoms with Gasteiger partial charge in [0.1, 0.15) is 0 Å². The quantitative estimate of drug-likeness (QED) is 0.872. The molecule has 1 saturated carbocycles. The lowest BCUT2D eigenvalue weighted by molar-refractivity contribution is 0.374. The fourth-order valence-corrected chi connectivity index (χ4v) is 3.07. The van der Waals surface area contributed by atoms with Gasteiger partial charge in [-0.3, -0.25) is 4.98 Å². The van der Waals surface area contributed by atoms with Gasteiger partial charge in [-0.05, 0) is 62.4 Å². The molecule has 2 nitrogen and oxygen atoms in total. The zero-order chi connectivity index (χ0) is 14.1. The molecule has 0 amide bonds. The molecule has 1 aromatic heterocycles. The van der Waals surface area contributed by atoms with Crippen molar-refractivity contribution in [3.63, 3.8) is 0 Å². The van der Waals surface area contributed by atoms with E-state index >= 15 is 0 Å². The third-order valence-corrected chi connectivity index (χ3v) is 4.59. The smallest absolute Gasteiger partial charge is 0.0606 e. The maximum Gasteiger partial charge on any atom is 0.0606 e. The Balaban J connectivity index is 1.59. The molecule has 1 aromatic carbocycles. The molecular formula is C17H19BrN2. The van der Waals surface area contributed by atoms with Crippen LogP contribution in [-0.4, -0.2) is 11.0 Å². The Hall–Kier alpha value is -1.35. The number of aromatic nitrogens is 1. The second-order valence-corrected chi connectivity index (χ2v) is 6.56. The largest absolute Gasteiger partial charge is 0.381 e. The van der Waals surface area contributed by atoms with Gasteiger partial charge in [0.2, 0.25) is 0 Å². The Morgan fingerprint density at radius 3 is 2.40 bits per heavy atom. The van der Waals surface area contributed by atoms with Crippen molar-refractivity contribution in [3.8, 4) is 0 Å². The molecule has 2 aromatic rings. The lowest BCUT2D eigenvalue weighted by Gasteiger charge is -2.37. The minimum Gasteiger partial charge on any atom is -0.381 e. The number of hydrogen-bond acceptors (Lipinski definition) is 2. The number of nitrogens with zero attached hydrogens (tertiary/aromatic N) is 1. The molecule has 1 aliphatic carbocycles. The maximum atomic E-state index is 4.50. The van der Waals surface area contributed by atoms with E-state index in [4.69, 9.17) is 0 Å². The molecule has 0 spiro atoms. The number of nitrogens with one attached hydrogen (secondary N) is 1. The Bertz CT molecular complexity index is 601. The van der Waals surface area contributed by atoms with E-state index in [0.717, 1.165) is 15.9 Å². The van der Waals surface area contributed by atoms with Crippen LogP contribution in [0.1, 0.15) is 35.7 Å². The maximum absolute atomic E-state index is 4.50. The minimum atomic E-state index is 0.576. The SMILES string of the molecule is Cc1ccc(NC2CC(c3ccc(Br)cc3)C2)c(C)n1. The van der Waals surface area contributed by atoms with Crippen LogP contribution in [0.15, 0.2) is 40.9 Å². The van der Waals surface area contributed by atoms with Gasteiger partial charge in [0.25, 0.3) is 0 Å². The van der Waals surface area contributed by atoms with Crippen molar-refractivity contribution in [2.75, 3.05) is 5.32 Å². The summed E-state index contributed by atoms with van der Waals surface area (Å²) in [6.07, 6.45) is 2.41. The fraction of sp³-hybridized carbons (Fsp3) is 0.353. The third-order valence-electron chi connectivity index (χ3n) is 4.06. The summed E-state index contributed by atoms with van der Waals surface area (Å²) >= 11 is 3.49. The highest BCUT2D eigenvalue weighted by atomic mass is 79.9. The lowest BCUT2D eigenvalue weighted by Crippen LogP contribution is -2.34. The summed E-state index contributed by atoms with van der Waals surface area (Å²) in [6.45, 7) is 4.10. The highest BCUT2D eigenvalue weighted by Gasteiger charge is 2.30. The number of halogens is 1. The van der Waals surface area contributed by atoms with Gasteiger partial charge in [-0.25, -0.2) is 0 Å². The molecule has 3 rings (SSSR count). The van der Waals surface area contributed by atoms with E-state index in [-0.39, 0.29) is 0 Å². The first kappa shape index (κ1) is 13.6. The van der Waals surface area contributed by atoms with Crippen molar-refractivity contribution in [1.29, 1.82) is 0 Å². The van der Waals surface area contributed by atoms with Gasteiger partial charge in [-0.1, -0.05) is 28.1 Å². The highest BCUT2D eigenvalue weighted by Crippen LogP contribution is 2.39. The number of anilines is 1.